The average Bonchev–Trinajstić information content (AvgIpc) is 2.26. The largest absolute Gasteiger partial charge is 0.385 e. The summed E-state index contributed by atoms with van der Waals surface area (Å²) in [4.78, 5) is 11.5. The van der Waals surface area contributed by atoms with E-state index in [2.05, 4.69) is 0 Å². The Morgan fingerprint density at radius 2 is 2.33 bits per heavy atom. The molecule has 0 heterocycles. The maximum atomic E-state index is 10.5. The molecule has 1 aromatic carbocycles. The van der Waals surface area contributed by atoms with Gasteiger partial charge in [0.25, 0.3) is 0 Å². The van der Waals surface area contributed by atoms with E-state index in [1.54, 1.807) is 31.0 Å². The van der Waals surface area contributed by atoms with Crippen LogP contribution in [0.5, 0.6) is 0 Å². The van der Waals surface area contributed by atoms with Crippen molar-refractivity contribution in [3.63, 3.8) is 0 Å². The Morgan fingerprint density at radius 3 is 2.93 bits per heavy atom. The summed E-state index contributed by atoms with van der Waals surface area (Å²) >= 11 is 7.69. The Hall–Kier alpha value is -0.510. The Morgan fingerprint density at radius 1 is 1.53 bits per heavy atom. The van der Waals surface area contributed by atoms with Gasteiger partial charge >= 0.3 is 0 Å². The number of thioether (sulfide) groups is 1. The maximum absolute atomic E-state index is 10.5. The molecule has 0 aromatic heterocycles. The maximum Gasteiger partial charge on any atom is 0.150 e. The first-order valence-electron chi connectivity index (χ1n) is 4.64. The molecule has 0 N–H and O–H groups in total. The average molecular weight is 245 g/mol. The van der Waals surface area contributed by atoms with Crippen molar-refractivity contribution in [3.05, 3.63) is 28.8 Å². The summed E-state index contributed by atoms with van der Waals surface area (Å²) in [6.45, 7) is 0.761. The number of hydrogen-bond donors (Lipinski definition) is 0. The van der Waals surface area contributed by atoms with Crippen LogP contribution in [-0.4, -0.2) is 25.8 Å². The van der Waals surface area contributed by atoms with Crippen LogP contribution in [0.2, 0.25) is 5.02 Å². The van der Waals surface area contributed by atoms with Crippen LogP contribution in [0, 0.1) is 0 Å². The van der Waals surface area contributed by atoms with Crippen molar-refractivity contribution in [2.24, 2.45) is 0 Å². The van der Waals surface area contributed by atoms with Crippen LogP contribution in [0.3, 0.4) is 0 Å². The molecule has 0 aliphatic carbocycles. The van der Waals surface area contributed by atoms with Crippen molar-refractivity contribution in [3.8, 4) is 0 Å². The quantitative estimate of drug-likeness (QED) is 0.436. The topological polar surface area (TPSA) is 26.3 Å². The van der Waals surface area contributed by atoms with Crippen molar-refractivity contribution in [2.45, 2.75) is 11.3 Å². The van der Waals surface area contributed by atoms with Crippen LogP contribution >= 0.6 is 23.4 Å². The van der Waals surface area contributed by atoms with Gasteiger partial charge in [0.2, 0.25) is 0 Å². The number of halogens is 1. The monoisotopic (exact) mass is 244 g/mol. The summed E-state index contributed by atoms with van der Waals surface area (Å²) in [6.07, 6.45) is 1.79. The highest BCUT2D eigenvalue weighted by Gasteiger charge is 2.01. The first-order chi connectivity index (χ1) is 7.27. The second-order valence-corrected chi connectivity index (χ2v) is 4.55. The van der Waals surface area contributed by atoms with Crippen molar-refractivity contribution in [1.82, 2.24) is 0 Å². The second-order valence-electron chi connectivity index (χ2n) is 3.00. The molecular formula is C11H13ClO2S. The molecule has 0 amide bonds. The van der Waals surface area contributed by atoms with E-state index in [1.165, 1.54) is 0 Å². The summed E-state index contributed by atoms with van der Waals surface area (Å²) < 4.78 is 4.95. The van der Waals surface area contributed by atoms with E-state index in [9.17, 15) is 4.79 Å². The molecule has 0 spiro atoms. The molecule has 0 aliphatic rings. The summed E-state index contributed by atoms with van der Waals surface area (Å²) in [5.74, 6) is 0.966. The van der Waals surface area contributed by atoms with E-state index >= 15 is 0 Å². The molecule has 0 bridgehead atoms. The first kappa shape index (κ1) is 12.6. The van der Waals surface area contributed by atoms with Gasteiger partial charge in [-0.05, 0) is 18.6 Å². The Kier molecular flexibility index (Phi) is 5.76. The van der Waals surface area contributed by atoms with Gasteiger partial charge in [0.15, 0.2) is 0 Å². The zero-order valence-corrected chi connectivity index (χ0v) is 10.1. The van der Waals surface area contributed by atoms with Crippen molar-refractivity contribution < 1.29 is 9.53 Å². The Labute approximate surface area is 99.0 Å². The summed E-state index contributed by atoms with van der Waals surface area (Å²) in [5, 5.41) is 0.641. The van der Waals surface area contributed by atoms with Gasteiger partial charge < -0.3 is 4.74 Å². The summed E-state index contributed by atoms with van der Waals surface area (Å²) in [7, 11) is 1.69. The minimum Gasteiger partial charge on any atom is -0.385 e. The van der Waals surface area contributed by atoms with Crippen LogP contribution in [0.25, 0.3) is 0 Å². The van der Waals surface area contributed by atoms with Gasteiger partial charge in [-0.2, -0.15) is 0 Å². The molecule has 1 rings (SSSR count). The lowest BCUT2D eigenvalue weighted by Crippen LogP contribution is -1.90. The van der Waals surface area contributed by atoms with Crippen LogP contribution in [-0.2, 0) is 4.74 Å². The third-order valence-electron chi connectivity index (χ3n) is 1.84. The molecule has 15 heavy (non-hydrogen) atoms. The first-order valence-corrected chi connectivity index (χ1v) is 6.00. The molecule has 0 saturated heterocycles. The molecule has 0 radical (unpaired) electrons. The molecule has 0 aliphatic heterocycles. The molecule has 0 fully saturated rings. The van der Waals surface area contributed by atoms with Crippen molar-refractivity contribution >= 4 is 29.6 Å². The fourth-order valence-corrected chi connectivity index (χ4v) is 2.29. The Bertz CT molecular complexity index is 328. The van der Waals surface area contributed by atoms with Gasteiger partial charge in [0.05, 0.1) is 5.02 Å². The van der Waals surface area contributed by atoms with E-state index in [1.807, 2.05) is 6.07 Å². The highest BCUT2D eigenvalue weighted by molar-refractivity contribution is 7.99. The SMILES string of the molecule is COCCCSc1ccc(C=O)cc1Cl. The lowest BCUT2D eigenvalue weighted by atomic mass is 10.2. The lowest BCUT2D eigenvalue weighted by molar-refractivity contribution is 0.112. The highest BCUT2D eigenvalue weighted by Crippen LogP contribution is 2.28. The predicted octanol–water partition coefficient (Wildman–Crippen LogP) is 3.28. The highest BCUT2D eigenvalue weighted by atomic mass is 35.5. The molecule has 82 valence electrons. The van der Waals surface area contributed by atoms with E-state index in [-0.39, 0.29) is 0 Å². The second kappa shape index (κ2) is 6.88. The number of carbonyl (C=O) groups is 1. The van der Waals surface area contributed by atoms with Crippen LogP contribution in [0.15, 0.2) is 23.1 Å². The Balaban J connectivity index is 2.50. The van der Waals surface area contributed by atoms with Crippen molar-refractivity contribution in [1.29, 1.82) is 0 Å². The number of methoxy groups -OCH3 is 1. The van der Waals surface area contributed by atoms with Gasteiger partial charge in [0.1, 0.15) is 6.29 Å². The number of benzene rings is 1. The molecule has 0 saturated carbocycles. The standard InChI is InChI=1S/C11H13ClO2S/c1-14-5-2-6-15-11-4-3-9(8-13)7-10(11)12/h3-4,7-8H,2,5-6H2,1H3. The van der Waals surface area contributed by atoms with E-state index < -0.39 is 0 Å². The normalized spacial score (nSPS) is 10.3. The molecule has 2 nitrogen and oxygen atoms in total. The van der Waals surface area contributed by atoms with E-state index in [0.717, 1.165) is 30.0 Å². The number of carbonyl (C=O) groups excluding carboxylic acids is 1. The minimum absolute atomic E-state index is 0.612. The van der Waals surface area contributed by atoms with Gasteiger partial charge in [-0.15, -0.1) is 11.8 Å². The smallest absolute Gasteiger partial charge is 0.150 e. The summed E-state index contributed by atoms with van der Waals surface area (Å²) in [5.41, 5.74) is 0.612. The summed E-state index contributed by atoms with van der Waals surface area (Å²) in [6, 6.07) is 5.34. The van der Waals surface area contributed by atoms with Crippen molar-refractivity contribution in [2.75, 3.05) is 19.5 Å². The molecule has 4 heteroatoms. The zero-order chi connectivity index (χ0) is 11.1. The van der Waals surface area contributed by atoms with E-state index in [0.29, 0.717) is 10.6 Å². The van der Waals surface area contributed by atoms with Gasteiger partial charge in [-0.1, -0.05) is 17.7 Å². The van der Waals surface area contributed by atoms with E-state index in [4.69, 9.17) is 16.3 Å². The van der Waals surface area contributed by atoms with Gasteiger partial charge in [-0.25, -0.2) is 0 Å². The molecule has 1 aromatic rings. The van der Waals surface area contributed by atoms with Crippen LogP contribution < -0.4 is 0 Å². The number of aldehydes is 1. The molecular weight excluding hydrogens is 232 g/mol. The number of rotatable bonds is 6. The lowest BCUT2D eigenvalue weighted by Gasteiger charge is -2.04. The minimum atomic E-state index is 0.612. The van der Waals surface area contributed by atoms with Crippen LogP contribution in [0.1, 0.15) is 16.8 Å². The van der Waals surface area contributed by atoms with Gasteiger partial charge in [-0.3, -0.25) is 4.79 Å². The van der Waals surface area contributed by atoms with Crippen LogP contribution in [0.4, 0.5) is 0 Å². The molecule has 0 unspecified atom stereocenters. The number of hydrogen-bond acceptors (Lipinski definition) is 3. The fourth-order valence-electron chi connectivity index (χ4n) is 1.09. The van der Waals surface area contributed by atoms with Gasteiger partial charge in [0, 0.05) is 29.9 Å². The third-order valence-corrected chi connectivity index (χ3v) is 3.43. The predicted molar refractivity (Wildman–Crippen MR) is 64.1 cm³/mol. The third kappa shape index (κ3) is 4.24. The zero-order valence-electron chi connectivity index (χ0n) is 8.53. The number of ether oxygens (including phenoxy) is 1. The molecule has 0 atom stereocenters. The fraction of sp³-hybridized carbons (Fsp3) is 0.364.